The van der Waals surface area contributed by atoms with Crippen molar-refractivity contribution in [3.8, 4) is 0 Å². The molecule has 2 rings (SSSR count). The van der Waals surface area contributed by atoms with E-state index in [1.54, 1.807) is 20.8 Å². The number of benzene rings is 1. The van der Waals surface area contributed by atoms with E-state index in [2.05, 4.69) is 6.92 Å². The predicted molar refractivity (Wildman–Crippen MR) is 98.4 cm³/mol. The van der Waals surface area contributed by atoms with Crippen LogP contribution in [-0.2, 0) is 27.3 Å². The topological polar surface area (TPSA) is 89.7 Å². The summed E-state index contributed by atoms with van der Waals surface area (Å²) < 4.78 is 5.27. The van der Waals surface area contributed by atoms with Crippen LogP contribution in [0, 0.1) is 0 Å². The third kappa shape index (κ3) is 4.84. The second kappa shape index (κ2) is 7.89. The van der Waals surface area contributed by atoms with Crippen LogP contribution in [0.25, 0.3) is 0 Å². The molecular formula is C20H28N2O4. The number of carbonyl (C=O) groups excluding carboxylic acids is 3. The van der Waals surface area contributed by atoms with Crippen LogP contribution < -0.4 is 5.73 Å². The van der Waals surface area contributed by atoms with Crippen molar-refractivity contribution in [2.45, 2.75) is 71.6 Å². The maximum Gasteiger partial charge on any atom is 0.306 e. The van der Waals surface area contributed by atoms with Gasteiger partial charge in [0, 0.05) is 18.5 Å². The summed E-state index contributed by atoms with van der Waals surface area (Å²) >= 11 is 0. The second-order valence-corrected chi connectivity index (χ2v) is 7.72. The zero-order valence-electron chi connectivity index (χ0n) is 16.0. The normalized spacial score (nSPS) is 14.9. The highest BCUT2D eigenvalue weighted by atomic mass is 16.6. The van der Waals surface area contributed by atoms with Crippen LogP contribution in [0.1, 0.15) is 68.4 Å². The number of amides is 2. The van der Waals surface area contributed by atoms with E-state index in [0.717, 1.165) is 18.4 Å². The molecule has 1 atom stereocenters. The Labute approximate surface area is 154 Å². The lowest BCUT2D eigenvalue weighted by Gasteiger charge is -2.25. The molecule has 6 heteroatoms. The molecule has 2 amide bonds. The number of esters is 1. The lowest BCUT2D eigenvalue weighted by atomic mass is 10.0. The maximum absolute atomic E-state index is 12.7. The molecule has 0 spiro atoms. The number of hydrogen-bond acceptors (Lipinski definition) is 4. The van der Waals surface area contributed by atoms with Gasteiger partial charge in [0.1, 0.15) is 11.6 Å². The third-order valence-corrected chi connectivity index (χ3v) is 4.29. The summed E-state index contributed by atoms with van der Waals surface area (Å²) in [5.41, 5.74) is 7.61. The minimum absolute atomic E-state index is 0.0338. The van der Waals surface area contributed by atoms with Gasteiger partial charge in [0.2, 0.25) is 5.91 Å². The average molecular weight is 360 g/mol. The first-order valence-electron chi connectivity index (χ1n) is 9.06. The highest BCUT2D eigenvalue weighted by molar-refractivity contribution is 6.01. The molecule has 1 aromatic carbocycles. The average Bonchev–Trinajstić information content (AvgIpc) is 2.82. The van der Waals surface area contributed by atoms with Gasteiger partial charge in [0.05, 0.1) is 0 Å². The Bertz CT molecular complexity index is 706. The summed E-state index contributed by atoms with van der Waals surface area (Å²) in [6.45, 7) is 7.79. The fourth-order valence-electron chi connectivity index (χ4n) is 3.19. The summed E-state index contributed by atoms with van der Waals surface area (Å²) in [4.78, 5) is 38.0. The molecule has 2 N–H and O–H groups in total. The number of aryl methyl sites for hydroxylation is 1. The summed E-state index contributed by atoms with van der Waals surface area (Å²) in [7, 11) is 0. The van der Waals surface area contributed by atoms with Crippen LogP contribution in [0.2, 0.25) is 0 Å². The van der Waals surface area contributed by atoms with Gasteiger partial charge in [-0.3, -0.25) is 14.4 Å². The quantitative estimate of drug-likeness (QED) is 0.757. The maximum atomic E-state index is 12.7. The first-order valence-corrected chi connectivity index (χ1v) is 9.06. The molecule has 0 unspecified atom stereocenters. The number of rotatable bonds is 7. The zero-order valence-corrected chi connectivity index (χ0v) is 16.0. The molecule has 1 aliphatic rings. The summed E-state index contributed by atoms with van der Waals surface area (Å²) in [5.74, 6) is -1.22. The smallest absolute Gasteiger partial charge is 0.306 e. The van der Waals surface area contributed by atoms with E-state index in [-0.39, 0.29) is 18.7 Å². The Balaban J connectivity index is 2.09. The van der Waals surface area contributed by atoms with E-state index in [9.17, 15) is 14.4 Å². The number of hydrogen-bond donors (Lipinski definition) is 1. The molecule has 0 aliphatic carbocycles. The summed E-state index contributed by atoms with van der Waals surface area (Å²) in [5, 5.41) is 0. The predicted octanol–water partition coefficient (Wildman–Crippen LogP) is 2.57. The molecule has 0 radical (unpaired) electrons. The van der Waals surface area contributed by atoms with E-state index in [4.69, 9.17) is 10.5 Å². The van der Waals surface area contributed by atoms with Crippen molar-refractivity contribution in [3.63, 3.8) is 0 Å². The molecule has 0 saturated heterocycles. The van der Waals surface area contributed by atoms with Gasteiger partial charge >= 0.3 is 5.97 Å². The van der Waals surface area contributed by atoms with Crippen LogP contribution in [-0.4, -0.2) is 34.3 Å². The van der Waals surface area contributed by atoms with Crippen molar-refractivity contribution in [2.24, 2.45) is 5.73 Å². The molecule has 142 valence electrons. The Morgan fingerprint density at radius 1 is 1.31 bits per heavy atom. The highest BCUT2D eigenvalue weighted by Crippen LogP contribution is 2.27. The molecule has 1 aliphatic heterocycles. The van der Waals surface area contributed by atoms with E-state index in [1.807, 2.05) is 18.2 Å². The SMILES string of the molecule is CCCc1ccc2c(c1)CN([C@@H](CCC(=O)OC(C)(C)C)C(N)=O)C2=O. The first kappa shape index (κ1) is 19.9. The van der Waals surface area contributed by atoms with Crippen LogP contribution in [0.15, 0.2) is 18.2 Å². The van der Waals surface area contributed by atoms with Gasteiger partial charge in [-0.05, 0) is 50.8 Å². The fourth-order valence-corrected chi connectivity index (χ4v) is 3.19. The lowest BCUT2D eigenvalue weighted by molar-refractivity contribution is -0.155. The molecule has 1 aromatic rings. The Hall–Kier alpha value is -2.37. The van der Waals surface area contributed by atoms with Crippen molar-refractivity contribution < 1.29 is 19.1 Å². The number of nitrogens with two attached hydrogens (primary N) is 1. The van der Waals surface area contributed by atoms with Crippen LogP contribution in [0.3, 0.4) is 0 Å². The van der Waals surface area contributed by atoms with Gasteiger partial charge in [0.25, 0.3) is 5.91 Å². The number of nitrogens with zero attached hydrogens (tertiary/aromatic N) is 1. The minimum atomic E-state index is -0.822. The molecule has 0 saturated carbocycles. The van der Waals surface area contributed by atoms with Crippen molar-refractivity contribution in [1.29, 1.82) is 0 Å². The van der Waals surface area contributed by atoms with Crippen molar-refractivity contribution >= 4 is 17.8 Å². The Morgan fingerprint density at radius 2 is 2.00 bits per heavy atom. The molecular weight excluding hydrogens is 332 g/mol. The first-order chi connectivity index (χ1) is 12.1. The molecule has 26 heavy (non-hydrogen) atoms. The zero-order chi connectivity index (χ0) is 19.5. The van der Waals surface area contributed by atoms with E-state index >= 15 is 0 Å². The van der Waals surface area contributed by atoms with E-state index < -0.39 is 23.5 Å². The number of ether oxygens (including phenoxy) is 1. The largest absolute Gasteiger partial charge is 0.460 e. The Kier molecular flexibility index (Phi) is 6.05. The third-order valence-electron chi connectivity index (χ3n) is 4.29. The minimum Gasteiger partial charge on any atom is -0.460 e. The van der Waals surface area contributed by atoms with Crippen LogP contribution in [0.5, 0.6) is 0 Å². The second-order valence-electron chi connectivity index (χ2n) is 7.72. The molecule has 0 fully saturated rings. The summed E-state index contributed by atoms with van der Waals surface area (Å²) in [6.07, 6.45) is 2.16. The van der Waals surface area contributed by atoms with E-state index in [0.29, 0.717) is 12.1 Å². The van der Waals surface area contributed by atoms with Crippen LogP contribution >= 0.6 is 0 Å². The van der Waals surface area contributed by atoms with Gasteiger partial charge in [-0.25, -0.2) is 0 Å². The van der Waals surface area contributed by atoms with Gasteiger partial charge in [-0.1, -0.05) is 25.5 Å². The highest BCUT2D eigenvalue weighted by Gasteiger charge is 2.35. The number of primary amides is 1. The van der Waals surface area contributed by atoms with Crippen LogP contribution in [0.4, 0.5) is 0 Å². The monoisotopic (exact) mass is 360 g/mol. The standard InChI is InChI=1S/C20H28N2O4/c1-5-6-13-7-8-15-14(11-13)12-22(19(15)25)16(18(21)24)9-10-17(23)26-20(2,3)4/h7-8,11,16H,5-6,9-10,12H2,1-4H3,(H2,21,24)/t16-/m0/s1. The molecule has 6 nitrogen and oxygen atoms in total. The molecule has 1 heterocycles. The molecule has 0 bridgehead atoms. The van der Waals surface area contributed by atoms with Gasteiger partial charge < -0.3 is 15.4 Å². The summed E-state index contributed by atoms with van der Waals surface area (Å²) in [6, 6.07) is 4.96. The Morgan fingerprint density at radius 3 is 2.58 bits per heavy atom. The van der Waals surface area contributed by atoms with Gasteiger partial charge in [0.15, 0.2) is 0 Å². The fraction of sp³-hybridized carbons (Fsp3) is 0.550. The van der Waals surface area contributed by atoms with Crippen molar-refractivity contribution in [2.75, 3.05) is 0 Å². The number of carbonyl (C=O) groups is 3. The van der Waals surface area contributed by atoms with E-state index in [1.165, 1.54) is 10.5 Å². The lowest BCUT2D eigenvalue weighted by Crippen LogP contribution is -2.45. The molecule has 0 aromatic heterocycles. The number of fused-ring (bicyclic) bond motifs is 1. The van der Waals surface area contributed by atoms with Gasteiger partial charge in [-0.15, -0.1) is 0 Å². The van der Waals surface area contributed by atoms with Crippen molar-refractivity contribution in [1.82, 2.24) is 4.90 Å². The van der Waals surface area contributed by atoms with Gasteiger partial charge in [-0.2, -0.15) is 0 Å². The van der Waals surface area contributed by atoms with Crippen molar-refractivity contribution in [3.05, 3.63) is 34.9 Å².